The lowest BCUT2D eigenvalue weighted by molar-refractivity contribution is -0.137. The van der Waals surface area contributed by atoms with Crippen molar-refractivity contribution in [3.63, 3.8) is 0 Å². The number of ether oxygens (including phenoxy) is 1. The molecular weight excluding hydrogens is 464 g/mol. The van der Waals surface area contributed by atoms with Crippen LogP contribution in [0.3, 0.4) is 0 Å². The van der Waals surface area contributed by atoms with E-state index in [4.69, 9.17) is 4.74 Å². The summed E-state index contributed by atoms with van der Waals surface area (Å²) in [6.07, 6.45) is 6.81. The molecule has 4 rings (SSSR count). The Bertz CT molecular complexity index is 1180. The smallest absolute Gasteiger partial charge is 0.303 e. The maximum absolute atomic E-state index is 11.3. The van der Waals surface area contributed by atoms with Gasteiger partial charge in [0, 0.05) is 24.5 Å². The predicted octanol–water partition coefficient (Wildman–Crippen LogP) is 5.80. The van der Waals surface area contributed by atoms with Gasteiger partial charge in [-0.15, -0.1) is 0 Å². The maximum atomic E-state index is 11.3. The topological polar surface area (TPSA) is 82.9 Å². The number of fused-ring (bicyclic) bond motifs is 1. The number of aliphatic hydroxyl groups excluding tert-OH is 1. The van der Waals surface area contributed by atoms with Crippen LogP contribution in [0.4, 0.5) is 0 Å². The highest BCUT2D eigenvalue weighted by Gasteiger charge is 2.30. The second kappa shape index (κ2) is 13.0. The van der Waals surface area contributed by atoms with E-state index >= 15 is 0 Å². The molecule has 1 fully saturated rings. The molecule has 0 aliphatic carbocycles. The van der Waals surface area contributed by atoms with Gasteiger partial charge < -0.3 is 19.8 Å². The summed E-state index contributed by atoms with van der Waals surface area (Å²) >= 11 is 0. The molecule has 1 aromatic heterocycles. The van der Waals surface area contributed by atoms with Crippen molar-refractivity contribution in [2.75, 3.05) is 26.7 Å². The lowest BCUT2D eigenvalue weighted by atomic mass is 9.79. The second-order valence-corrected chi connectivity index (χ2v) is 10.5. The molecule has 0 bridgehead atoms. The summed E-state index contributed by atoms with van der Waals surface area (Å²) in [7, 11) is 1.64. The zero-order chi connectivity index (χ0) is 26.2. The van der Waals surface area contributed by atoms with Crippen molar-refractivity contribution in [2.24, 2.45) is 11.8 Å². The summed E-state index contributed by atoms with van der Waals surface area (Å²) in [5.41, 5.74) is 4.40. The number of hydrogen-bond acceptors (Lipinski definition) is 5. The maximum Gasteiger partial charge on any atom is 0.303 e. The molecule has 6 heteroatoms. The molecular formula is C31H40N2O4. The van der Waals surface area contributed by atoms with Crippen LogP contribution in [0.25, 0.3) is 10.9 Å². The molecule has 1 saturated heterocycles. The number of rotatable bonds is 12. The minimum atomic E-state index is -0.729. The highest BCUT2D eigenvalue weighted by Crippen LogP contribution is 2.35. The van der Waals surface area contributed by atoms with Crippen molar-refractivity contribution in [1.82, 2.24) is 9.88 Å². The molecule has 2 heterocycles. The molecule has 2 N–H and O–H groups in total. The zero-order valence-electron chi connectivity index (χ0n) is 22.1. The van der Waals surface area contributed by atoms with Crippen LogP contribution >= 0.6 is 0 Å². The molecule has 0 unspecified atom stereocenters. The van der Waals surface area contributed by atoms with Gasteiger partial charge in [0.2, 0.25) is 0 Å². The van der Waals surface area contributed by atoms with E-state index in [2.05, 4.69) is 41.1 Å². The van der Waals surface area contributed by atoms with Gasteiger partial charge in [-0.25, -0.2) is 0 Å². The van der Waals surface area contributed by atoms with Gasteiger partial charge in [-0.05, 0) is 106 Å². The summed E-state index contributed by atoms with van der Waals surface area (Å²) in [5.74, 6) is 0.778. The molecule has 0 spiro atoms. The largest absolute Gasteiger partial charge is 0.497 e. The molecule has 1 aliphatic heterocycles. The van der Waals surface area contributed by atoms with Gasteiger partial charge in [0.25, 0.3) is 0 Å². The summed E-state index contributed by atoms with van der Waals surface area (Å²) < 4.78 is 5.38. The van der Waals surface area contributed by atoms with E-state index in [1.807, 2.05) is 24.3 Å². The monoisotopic (exact) mass is 504 g/mol. The lowest BCUT2D eigenvalue weighted by Gasteiger charge is -2.39. The molecule has 6 nitrogen and oxygen atoms in total. The standard InChI is InChI=1S/C31H40N2O4/c1-22-5-3-6-23(19-22)7-4-17-33-18-15-24(25(21-33)9-13-31(35)36)8-12-30(34)27-14-16-32-29-11-10-26(37-2)20-28(27)29/h3,5-6,10-11,14,16,19-20,24-25,30,34H,4,7-9,12-13,15,17-18,21H2,1-2H3,(H,35,36)/t24-,25-,30-/m1/s1. The number of carboxylic acids is 1. The van der Waals surface area contributed by atoms with Crippen LogP contribution in [0.2, 0.25) is 0 Å². The third-order valence-electron chi connectivity index (χ3n) is 7.88. The van der Waals surface area contributed by atoms with E-state index < -0.39 is 12.1 Å². The number of carboxylic acid groups (broad SMARTS) is 1. The molecule has 3 atom stereocenters. The first kappa shape index (κ1) is 27.1. The Morgan fingerprint density at radius 3 is 2.81 bits per heavy atom. The number of aromatic nitrogens is 1. The molecule has 2 aromatic carbocycles. The van der Waals surface area contributed by atoms with Crippen LogP contribution in [-0.2, 0) is 11.2 Å². The van der Waals surface area contributed by atoms with Crippen molar-refractivity contribution >= 4 is 16.9 Å². The lowest BCUT2D eigenvalue weighted by Crippen LogP contribution is -2.41. The second-order valence-electron chi connectivity index (χ2n) is 10.5. The molecule has 37 heavy (non-hydrogen) atoms. The Morgan fingerprint density at radius 2 is 2.03 bits per heavy atom. The number of carbonyl (C=O) groups is 1. The van der Waals surface area contributed by atoms with Gasteiger partial charge in [0.05, 0.1) is 18.7 Å². The molecule has 0 amide bonds. The van der Waals surface area contributed by atoms with Crippen LogP contribution < -0.4 is 4.74 Å². The van der Waals surface area contributed by atoms with E-state index in [0.29, 0.717) is 24.7 Å². The number of benzene rings is 2. The van der Waals surface area contributed by atoms with Gasteiger partial charge in [0.1, 0.15) is 5.75 Å². The molecule has 3 aromatic rings. The summed E-state index contributed by atoms with van der Waals surface area (Å²) in [5, 5.41) is 21.4. The normalized spacial score (nSPS) is 19.1. The average Bonchev–Trinajstić information content (AvgIpc) is 2.90. The highest BCUT2D eigenvalue weighted by atomic mass is 16.5. The Kier molecular flexibility index (Phi) is 9.53. The number of likely N-dealkylation sites (tertiary alicyclic amines) is 1. The fraction of sp³-hybridized carbons (Fsp3) is 0.484. The number of aliphatic hydroxyl groups is 1. The van der Waals surface area contributed by atoms with E-state index in [0.717, 1.165) is 67.5 Å². The van der Waals surface area contributed by atoms with Gasteiger partial charge in [0.15, 0.2) is 0 Å². The van der Waals surface area contributed by atoms with Crippen molar-refractivity contribution in [2.45, 2.75) is 58.0 Å². The van der Waals surface area contributed by atoms with E-state index in [1.54, 1.807) is 13.3 Å². The number of hydrogen-bond donors (Lipinski definition) is 2. The number of piperidine rings is 1. The first-order valence-corrected chi connectivity index (χ1v) is 13.5. The van der Waals surface area contributed by atoms with Crippen molar-refractivity contribution in [3.05, 3.63) is 71.4 Å². The van der Waals surface area contributed by atoms with Crippen molar-refractivity contribution in [1.29, 1.82) is 0 Å². The van der Waals surface area contributed by atoms with E-state index in [-0.39, 0.29) is 6.42 Å². The van der Waals surface area contributed by atoms with Gasteiger partial charge in [-0.1, -0.05) is 29.8 Å². The van der Waals surface area contributed by atoms with Crippen LogP contribution in [0.15, 0.2) is 54.7 Å². The minimum absolute atomic E-state index is 0.204. The Hall–Kier alpha value is -2.96. The molecule has 0 radical (unpaired) electrons. The fourth-order valence-corrected chi connectivity index (χ4v) is 5.84. The zero-order valence-corrected chi connectivity index (χ0v) is 22.1. The van der Waals surface area contributed by atoms with Crippen LogP contribution in [0.1, 0.15) is 61.3 Å². The number of aliphatic carboxylic acids is 1. The third-order valence-corrected chi connectivity index (χ3v) is 7.88. The van der Waals surface area contributed by atoms with Gasteiger partial charge >= 0.3 is 5.97 Å². The number of nitrogens with zero attached hydrogens (tertiary/aromatic N) is 2. The first-order chi connectivity index (χ1) is 17.9. The molecule has 1 aliphatic rings. The fourth-order valence-electron chi connectivity index (χ4n) is 5.84. The summed E-state index contributed by atoms with van der Waals surface area (Å²) in [4.78, 5) is 18.3. The summed E-state index contributed by atoms with van der Waals surface area (Å²) in [6, 6.07) is 16.3. The highest BCUT2D eigenvalue weighted by molar-refractivity contribution is 5.83. The SMILES string of the molecule is COc1ccc2nccc([C@H](O)CC[C@@H]3CCN(CCCc4cccc(C)c4)C[C@H]3CCC(=O)O)c2c1. The number of pyridine rings is 1. The van der Waals surface area contributed by atoms with Crippen LogP contribution in [0.5, 0.6) is 5.75 Å². The average molecular weight is 505 g/mol. The van der Waals surface area contributed by atoms with E-state index in [1.165, 1.54) is 11.1 Å². The predicted molar refractivity (Wildman–Crippen MR) is 147 cm³/mol. The Balaban J connectivity index is 1.35. The van der Waals surface area contributed by atoms with Gasteiger partial charge in [-0.3, -0.25) is 9.78 Å². The van der Waals surface area contributed by atoms with Crippen molar-refractivity contribution < 1.29 is 19.7 Å². The first-order valence-electron chi connectivity index (χ1n) is 13.5. The number of methoxy groups -OCH3 is 1. The minimum Gasteiger partial charge on any atom is -0.497 e. The van der Waals surface area contributed by atoms with Gasteiger partial charge in [-0.2, -0.15) is 0 Å². The molecule has 198 valence electrons. The van der Waals surface area contributed by atoms with Crippen molar-refractivity contribution in [3.8, 4) is 5.75 Å². The van der Waals surface area contributed by atoms with Crippen LogP contribution in [0, 0.1) is 18.8 Å². The quantitative estimate of drug-likeness (QED) is 0.324. The third kappa shape index (κ3) is 7.53. The Morgan fingerprint density at radius 1 is 1.16 bits per heavy atom. The molecule has 0 saturated carbocycles. The van der Waals surface area contributed by atoms with E-state index in [9.17, 15) is 15.0 Å². The van der Waals surface area contributed by atoms with Crippen LogP contribution in [-0.4, -0.2) is 52.8 Å². The Labute approximate surface area is 220 Å². The summed E-state index contributed by atoms with van der Waals surface area (Å²) in [6.45, 7) is 5.15. The number of aryl methyl sites for hydroxylation is 2.